The molecule has 0 saturated carbocycles. The second-order valence-electron chi connectivity index (χ2n) is 4.41. The minimum atomic E-state index is -0.0297. The summed E-state index contributed by atoms with van der Waals surface area (Å²) in [5, 5.41) is 14.4. The van der Waals surface area contributed by atoms with Crippen LogP contribution in [-0.2, 0) is 4.79 Å². The SMILES string of the molecule is Cc1csc(NC(=O)CN2CC[C@H](CO)C2)n1. The molecule has 0 spiro atoms. The minimum Gasteiger partial charge on any atom is -0.396 e. The smallest absolute Gasteiger partial charge is 0.240 e. The van der Waals surface area contributed by atoms with Gasteiger partial charge in [-0.05, 0) is 25.8 Å². The van der Waals surface area contributed by atoms with E-state index in [0.717, 1.165) is 25.2 Å². The third-order valence-corrected chi connectivity index (χ3v) is 3.74. The summed E-state index contributed by atoms with van der Waals surface area (Å²) >= 11 is 1.44. The average molecular weight is 255 g/mol. The van der Waals surface area contributed by atoms with Crippen LogP contribution in [0.1, 0.15) is 12.1 Å². The van der Waals surface area contributed by atoms with Gasteiger partial charge in [-0.1, -0.05) is 0 Å². The van der Waals surface area contributed by atoms with Crippen molar-refractivity contribution in [3.63, 3.8) is 0 Å². The summed E-state index contributed by atoms with van der Waals surface area (Å²) in [7, 11) is 0. The summed E-state index contributed by atoms with van der Waals surface area (Å²) in [5.41, 5.74) is 0.923. The van der Waals surface area contributed by atoms with E-state index < -0.39 is 0 Å². The Morgan fingerprint density at radius 1 is 1.76 bits per heavy atom. The van der Waals surface area contributed by atoms with Gasteiger partial charge in [-0.25, -0.2) is 4.98 Å². The van der Waals surface area contributed by atoms with Gasteiger partial charge < -0.3 is 10.4 Å². The highest BCUT2D eigenvalue weighted by Gasteiger charge is 2.23. The lowest BCUT2D eigenvalue weighted by atomic mass is 10.1. The van der Waals surface area contributed by atoms with Gasteiger partial charge in [0.25, 0.3) is 0 Å². The Bertz CT molecular complexity index is 394. The van der Waals surface area contributed by atoms with Gasteiger partial charge in [0.1, 0.15) is 0 Å². The quantitative estimate of drug-likeness (QED) is 0.831. The standard InChI is InChI=1S/C11H17N3O2S/c1-8-7-17-11(12-8)13-10(16)5-14-3-2-9(4-14)6-15/h7,9,15H,2-6H2,1H3,(H,12,13,16)/t9-/m0/s1. The van der Waals surface area contributed by atoms with Gasteiger partial charge in [0.15, 0.2) is 5.13 Å². The number of aryl methyl sites for hydroxylation is 1. The highest BCUT2D eigenvalue weighted by molar-refractivity contribution is 7.13. The summed E-state index contributed by atoms with van der Waals surface area (Å²) < 4.78 is 0. The van der Waals surface area contributed by atoms with Crippen molar-refractivity contribution in [1.82, 2.24) is 9.88 Å². The molecule has 0 bridgehead atoms. The Balaban J connectivity index is 1.78. The Labute approximate surface area is 104 Å². The largest absolute Gasteiger partial charge is 0.396 e. The zero-order valence-corrected chi connectivity index (χ0v) is 10.7. The van der Waals surface area contributed by atoms with Gasteiger partial charge in [-0.2, -0.15) is 0 Å². The Morgan fingerprint density at radius 3 is 3.18 bits per heavy atom. The number of aliphatic hydroxyl groups excluding tert-OH is 1. The number of anilines is 1. The highest BCUT2D eigenvalue weighted by Crippen LogP contribution is 2.16. The third kappa shape index (κ3) is 3.49. The first kappa shape index (κ1) is 12.5. The van der Waals surface area contributed by atoms with E-state index in [1.807, 2.05) is 12.3 Å². The second kappa shape index (κ2) is 5.57. The van der Waals surface area contributed by atoms with Crippen molar-refractivity contribution in [2.24, 2.45) is 5.92 Å². The van der Waals surface area contributed by atoms with Crippen LogP contribution in [0.5, 0.6) is 0 Å². The van der Waals surface area contributed by atoms with Crippen molar-refractivity contribution in [3.05, 3.63) is 11.1 Å². The number of nitrogens with zero attached hydrogens (tertiary/aromatic N) is 2. The molecule has 1 aliphatic heterocycles. The topological polar surface area (TPSA) is 65.5 Å². The van der Waals surface area contributed by atoms with Crippen LogP contribution in [0.3, 0.4) is 0 Å². The molecule has 1 fully saturated rings. The number of thiazole rings is 1. The van der Waals surface area contributed by atoms with Crippen LogP contribution in [0, 0.1) is 12.8 Å². The molecule has 0 aromatic carbocycles. The first-order valence-corrected chi connectivity index (χ1v) is 6.60. The molecule has 1 aliphatic rings. The van der Waals surface area contributed by atoms with Crippen molar-refractivity contribution in [3.8, 4) is 0 Å². The molecule has 0 aliphatic carbocycles. The van der Waals surface area contributed by atoms with Crippen LogP contribution in [-0.4, -0.2) is 47.1 Å². The maximum Gasteiger partial charge on any atom is 0.240 e. The molecule has 1 aromatic heterocycles. The summed E-state index contributed by atoms with van der Waals surface area (Å²) in [6.07, 6.45) is 0.972. The molecular formula is C11H17N3O2S. The van der Waals surface area contributed by atoms with E-state index in [0.29, 0.717) is 17.6 Å². The Morgan fingerprint density at radius 2 is 2.59 bits per heavy atom. The van der Waals surface area contributed by atoms with Crippen molar-refractivity contribution >= 4 is 22.4 Å². The number of hydrogen-bond donors (Lipinski definition) is 2. The number of carbonyl (C=O) groups excluding carboxylic acids is 1. The molecule has 0 radical (unpaired) electrons. The highest BCUT2D eigenvalue weighted by atomic mass is 32.1. The summed E-state index contributed by atoms with van der Waals surface area (Å²) in [6.45, 7) is 4.19. The number of aromatic nitrogens is 1. The Kier molecular flexibility index (Phi) is 4.09. The van der Waals surface area contributed by atoms with Crippen LogP contribution in [0.25, 0.3) is 0 Å². The van der Waals surface area contributed by atoms with E-state index in [1.165, 1.54) is 11.3 Å². The summed E-state index contributed by atoms with van der Waals surface area (Å²) in [5.74, 6) is 0.294. The maximum atomic E-state index is 11.7. The van der Waals surface area contributed by atoms with Crippen LogP contribution in [0.2, 0.25) is 0 Å². The molecule has 6 heteroatoms. The maximum absolute atomic E-state index is 11.7. The van der Waals surface area contributed by atoms with Crippen molar-refractivity contribution in [2.75, 3.05) is 31.6 Å². The lowest BCUT2D eigenvalue weighted by Crippen LogP contribution is -2.31. The van der Waals surface area contributed by atoms with Gasteiger partial charge in [0.2, 0.25) is 5.91 Å². The molecule has 2 N–H and O–H groups in total. The molecule has 2 heterocycles. The fourth-order valence-electron chi connectivity index (χ4n) is 1.98. The fraction of sp³-hybridized carbons (Fsp3) is 0.636. The first-order valence-electron chi connectivity index (χ1n) is 5.72. The van der Waals surface area contributed by atoms with Gasteiger partial charge >= 0.3 is 0 Å². The van der Waals surface area contributed by atoms with E-state index in [-0.39, 0.29) is 12.5 Å². The van der Waals surface area contributed by atoms with Gasteiger partial charge in [-0.3, -0.25) is 9.69 Å². The zero-order valence-electron chi connectivity index (χ0n) is 9.85. The monoisotopic (exact) mass is 255 g/mol. The third-order valence-electron chi connectivity index (χ3n) is 2.86. The number of hydrogen-bond acceptors (Lipinski definition) is 5. The van der Waals surface area contributed by atoms with Gasteiger partial charge in [-0.15, -0.1) is 11.3 Å². The normalized spacial score (nSPS) is 20.7. The van der Waals surface area contributed by atoms with Crippen LogP contribution < -0.4 is 5.32 Å². The lowest BCUT2D eigenvalue weighted by molar-refractivity contribution is -0.117. The summed E-state index contributed by atoms with van der Waals surface area (Å²) in [6, 6.07) is 0. The van der Waals surface area contributed by atoms with E-state index in [9.17, 15) is 4.79 Å². The molecule has 1 aromatic rings. The van der Waals surface area contributed by atoms with Crippen LogP contribution in [0.4, 0.5) is 5.13 Å². The number of aliphatic hydroxyl groups is 1. The van der Waals surface area contributed by atoms with Crippen molar-refractivity contribution in [2.45, 2.75) is 13.3 Å². The molecule has 1 atom stereocenters. The van der Waals surface area contributed by atoms with E-state index in [1.54, 1.807) is 0 Å². The second-order valence-corrected chi connectivity index (χ2v) is 5.27. The fourth-order valence-corrected chi connectivity index (χ4v) is 2.68. The van der Waals surface area contributed by atoms with Crippen molar-refractivity contribution in [1.29, 1.82) is 0 Å². The molecular weight excluding hydrogens is 238 g/mol. The average Bonchev–Trinajstić information content (AvgIpc) is 2.88. The summed E-state index contributed by atoms with van der Waals surface area (Å²) in [4.78, 5) is 18.0. The minimum absolute atomic E-state index is 0.0297. The first-order chi connectivity index (χ1) is 8.17. The van der Waals surface area contributed by atoms with E-state index in [2.05, 4.69) is 15.2 Å². The van der Waals surface area contributed by atoms with Gasteiger partial charge in [0.05, 0.1) is 12.2 Å². The number of carbonyl (C=O) groups is 1. The van der Waals surface area contributed by atoms with Crippen molar-refractivity contribution < 1.29 is 9.90 Å². The molecule has 1 saturated heterocycles. The predicted octanol–water partition coefficient (Wildman–Crippen LogP) is 0.704. The number of amides is 1. The van der Waals surface area contributed by atoms with Gasteiger partial charge in [0, 0.05) is 18.5 Å². The molecule has 0 unspecified atom stereocenters. The predicted molar refractivity (Wildman–Crippen MR) is 67.1 cm³/mol. The van der Waals surface area contributed by atoms with E-state index in [4.69, 9.17) is 5.11 Å². The molecule has 17 heavy (non-hydrogen) atoms. The number of nitrogens with one attached hydrogen (secondary N) is 1. The molecule has 5 nitrogen and oxygen atoms in total. The van der Waals surface area contributed by atoms with Crippen LogP contribution >= 0.6 is 11.3 Å². The molecule has 2 rings (SSSR count). The number of rotatable bonds is 4. The van der Waals surface area contributed by atoms with E-state index >= 15 is 0 Å². The lowest BCUT2D eigenvalue weighted by Gasteiger charge is -2.14. The van der Waals surface area contributed by atoms with Crippen LogP contribution in [0.15, 0.2) is 5.38 Å². The Hall–Kier alpha value is -0.980. The molecule has 1 amide bonds. The number of likely N-dealkylation sites (tertiary alicyclic amines) is 1. The molecule has 94 valence electrons. The zero-order chi connectivity index (χ0) is 12.3.